The molecule has 0 radical (unpaired) electrons. The van der Waals surface area contributed by atoms with Crippen molar-refractivity contribution in [3.8, 4) is 0 Å². The topological polar surface area (TPSA) is 86.8 Å². The Morgan fingerprint density at radius 3 is 2.10 bits per heavy atom. The summed E-state index contributed by atoms with van der Waals surface area (Å²) in [6.45, 7) is 9.31. The molecule has 0 aromatic heterocycles. The summed E-state index contributed by atoms with van der Waals surface area (Å²) in [6.07, 6.45) is 1.37. The van der Waals surface area contributed by atoms with E-state index >= 15 is 0 Å². The number of sulfonamides is 1. The Labute approximate surface area is 253 Å². The minimum atomic E-state index is -3.84. The van der Waals surface area contributed by atoms with Crippen molar-refractivity contribution in [1.82, 2.24) is 10.2 Å². The van der Waals surface area contributed by atoms with Gasteiger partial charge in [0.25, 0.3) is 0 Å². The number of hydrogen-bond donors (Lipinski definition) is 1. The zero-order valence-electron chi connectivity index (χ0n) is 24.6. The molecule has 0 aliphatic heterocycles. The lowest BCUT2D eigenvalue weighted by molar-refractivity contribution is -0.140. The monoisotopic (exact) mass is 641 g/mol. The van der Waals surface area contributed by atoms with Gasteiger partial charge in [-0.15, -0.1) is 0 Å². The van der Waals surface area contributed by atoms with Crippen LogP contribution in [0.3, 0.4) is 0 Å². The molecule has 1 unspecified atom stereocenters. The van der Waals surface area contributed by atoms with Crippen molar-refractivity contribution in [2.45, 2.75) is 65.1 Å². The number of carbonyl (C=O) groups is 2. The number of para-hydroxylation sites is 1. The van der Waals surface area contributed by atoms with Crippen LogP contribution >= 0.6 is 15.9 Å². The summed E-state index contributed by atoms with van der Waals surface area (Å²) in [6, 6.07) is 23.4. The quantitative estimate of drug-likeness (QED) is 0.283. The second-order valence-electron chi connectivity index (χ2n) is 11.6. The molecule has 1 atom stereocenters. The normalized spacial score (nSPS) is 12.6. The number of amides is 2. The van der Waals surface area contributed by atoms with Crippen molar-refractivity contribution in [2.24, 2.45) is 0 Å². The molecule has 3 rings (SSSR count). The zero-order valence-corrected chi connectivity index (χ0v) is 27.0. The van der Waals surface area contributed by atoms with E-state index < -0.39 is 34.1 Å². The second-order valence-corrected chi connectivity index (χ2v) is 14.4. The summed E-state index contributed by atoms with van der Waals surface area (Å²) in [5.74, 6) is -0.746. The van der Waals surface area contributed by atoms with Gasteiger partial charge in [-0.2, -0.15) is 0 Å². The Bertz CT molecular complexity index is 1450. The molecular weight excluding hydrogens is 602 g/mol. The van der Waals surface area contributed by atoms with Gasteiger partial charge in [0.2, 0.25) is 21.8 Å². The predicted molar refractivity (Wildman–Crippen MR) is 169 cm³/mol. The molecule has 1 N–H and O–H groups in total. The van der Waals surface area contributed by atoms with Gasteiger partial charge in [0.15, 0.2) is 0 Å². The lowest BCUT2D eigenvalue weighted by atomic mass is 10.00. The highest BCUT2D eigenvalue weighted by Crippen LogP contribution is 2.29. The molecule has 0 saturated heterocycles. The van der Waals surface area contributed by atoms with Gasteiger partial charge in [-0.25, -0.2) is 8.42 Å². The minimum Gasteiger partial charge on any atom is -0.350 e. The molecule has 0 heterocycles. The van der Waals surface area contributed by atoms with E-state index in [1.807, 2.05) is 101 Å². The summed E-state index contributed by atoms with van der Waals surface area (Å²) in [4.78, 5) is 29.6. The van der Waals surface area contributed by atoms with Crippen molar-refractivity contribution in [2.75, 3.05) is 17.1 Å². The lowest BCUT2D eigenvalue weighted by Gasteiger charge is -2.35. The first-order valence-corrected chi connectivity index (χ1v) is 16.3. The molecule has 41 heavy (non-hydrogen) atoms. The molecule has 0 aliphatic rings. The Kier molecular flexibility index (Phi) is 10.8. The van der Waals surface area contributed by atoms with Crippen LogP contribution in [0.5, 0.6) is 0 Å². The van der Waals surface area contributed by atoms with E-state index in [2.05, 4.69) is 21.2 Å². The van der Waals surface area contributed by atoms with Crippen molar-refractivity contribution in [3.05, 3.63) is 100 Å². The molecule has 3 aromatic carbocycles. The van der Waals surface area contributed by atoms with Gasteiger partial charge in [0.05, 0.1) is 11.9 Å². The minimum absolute atomic E-state index is 0.0340. The maximum atomic E-state index is 14.3. The maximum absolute atomic E-state index is 14.3. The van der Waals surface area contributed by atoms with E-state index in [9.17, 15) is 18.0 Å². The van der Waals surface area contributed by atoms with E-state index in [0.29, 0.717) is 5.69 Å². The lowest BCUT2D eigenvalue weighted by Crippen LogP contribution is -2.56. The SMILES string of the molecule is CC(C)c1ccccc1N(CC(=O)N(Cc1cccc(Br)c1)C(Cc1ccccc1)C(=O)NC(C)(C)C)S(C)(=O)=O. The Morgan fingerprint density at radius 1 is 0.902 bits per heavy atom. The van der Waals surface area contributed by atoms with Gasteiger partial charge in [-0.1, -0.05) is 90.4 Å². The van der Waals surface area contributed by atoms with Gasteiger partial charge in [0.1, 0.15) is 12.6 Å². The number of hydrogen-bond acceptors (Lipinski definition) is 4. The van der Waals surface area contributed by atoms with Crippen LogP contribution in [0.15, 0.2) is 83.3 Å². The number of halogens is 1. The molecule has 7 nitrogen and oxygen atoms in total. The molecule has 0 spiro atoms. The van der Waals surface area contributed by atoms with Gasteiger partial charge < -0.3 is 10.2 Å². The zero-order chi connectivity index (χ0) is 30.4. The molecule has 2 amide bonds. The van der Waals surface area contributed by atoms with Gasteiger partial charge >= 0.3 is 0 Å². The van der Waals surface area contributed by atoms with E-state index in [4.69, 9.17) is 0 Å². The van der Waals surface area contributed by atoms with E-state index in [1.54, 1.807) is 12.1 Å². The summed E-state index contributed by atoms with van der Waals surface area (Å²) in [5.41, 5.74) is 2.43. The van der Waals surface area contributed by atoms with E-state index in [-0.39, 0.29) is 24.8 Å². The molecule has 220 valence electrons. The van der Waals surface area contributed by atoms with Crippen LogP contribution in [-0.4, -0.2) is 49.5 Å². The van der Waals surface area contributed by atoms with Crippen LogP contribution in [0.2, 0.25) is 0 Å². The highest BCUT2D eigenvalue weighted by atomic mass is 79.9. The van der Waals surface area contributed by atoms with Crippen LogP contribution in [0, 0.1) is 0 Å². The molecule has 0 aliphatic carbocycles. The van der Waals surface area contributed by atoms with Gasteiger partial charge in [-0.05, 0) is 61.6 Å². The molecule has 9 heteroatoms. The fraction of sp³-hybridized carbons (Fsp3) is 0.375. The number of rotatable bonds is 11. The smallest absolute Gasteiger partial charge is 0.244 e. The van der Waals surface area contributed by atoms with Crippen LogP contribution in [0.25, 0.3) is 0 Å². The highest BCUT2D eigenvalue weighted by molar-refractivity contribution is 9.10. The average Bonchev–Trinajstić information content (AvgIpc) is 2.88. The summed E-state index contributed by atoms with van der Waals surface area (Å²) >= 11 is 3.50. The fourth-order valence-corrected chi connectivity index (χ4v) is 5.95. The summed E-state index contributed by atoms with van der Waals surface area (Å²) in [5, 5.41) is 3.04. The predicted octanol–water partition coefficient (Wildman–Crippen LogP) is 5.89. The largest absolute Gasteiger partial charge is 0.350 e. The molecule has 0 fully saturated rings. The number of nitrogens with one attached hydrogen (secondary N) is 1. The van der Waals surface area contributed by atoms with Crippen LogP contribution < -0.4 is 9.62 Å². The first-order valence-electron chi connectivity index (χ1n) is 13.6. The first kappa shape index (κ1) is 32.3. The third-order valence-electron chi connectivity index (χ3n) is 6.52. The van der Waals surface area contributed by atoms with Gasteiger partial charge in [-0.3, -0.25) is 13.9 Å². The molecule has 3 aromatic rings. The second kappa shape index (κ2) is 13.7. The van der Waals surface area contributed by atoms with Gasteiger partial charge in [0, 0.05) is 23.0 Å². The summed E-state index contributed by atoms with van der Waals surface area (Å²) in [7, 11) is -3.84. The number of benzene rings is 3. The van der Waals surface area contributed by atoms with E-state index in [1.165, 1.54) is 4.90 Å². The Hall–Kier alpha value is -3.17. The molecule has 0 bridgehead atoms. The van der Waals surface area contributed by atoms with Crippen LogP contribution in [0.1, 0.15) is 57.2 Å². The van der Waals surface area contributed by atoms with E-state index in [0.717, 1.165) is 31.7 Å². The number of anilines is 1. The van der Waals surface area contributed by atoms with Crippen molar-refractivity contribution in [1.29, 1.82) is 0 Å². The average molecular weight is 643 g/mol. The first-order chi connectivity index (χ1) is 19.2. The van der Waals surface area contributed by atoms with Crippen molar-refractivity contribution < 1.29 is 18.0 Å². The van der Waals surface area contributed by atoms with Crippen LogP contribution in [0.4, 0.5) is 5.69 Å². The number of nitrogens with zero attached hydrogens (tertiary/aromatic N) is 2. The third-order valence-corrected chi connectivity index (χ3v) is 8.14. The Balaban J connectivity index is 2.11. The molecular formula is C32H40BrN3O4S. The standard InChI is InChI=1S/C32H40BrN3O4S/c1-23(2)27-17-10-11-18-28(27)36(41(6,39)40)22-30(37)35(21-25-15-12-16-26(33)19-25)29(31(38)34-32(3,4)5)20-24-13-8-7-9-14-24/h7-19,23,29H,20-22H2,1-6H3,(H,34,38). The third kappa shape index (κ3) is 9.43. The number of carbonyl (C=O) groups excluding carboxylic acids is 2. The Morgan fingerprint density at radius 2 is 1.51 bits per heavy atom. The fourth-order valence-electron chi connectivity index (χ4n) is 4.64. The van der Waals surface area contributed by atoms with Crippen molar-refractivity contribution in [3.63, 3.8) is 0 Å². The van der Waals surface area contributed by atoms with Crippen molar-refractivity contribution >= 4 is 43.5 Å². The summed E-state index contributed by atoms with van der Waals surface area (Å²) < 4.78 is 28.2. The molecule has 0 saturated carbocycles. The van der Waals surface area contributed by atoms with Crippen LogP contribution in [-0.2, 0) is 32.6 Å². The maximum Gasteiger partial charge on any atom is 0.244 e. The highest BCUT2D eigenvalue weighted by Gasteiger charge is 2.34.